The first-order chi connectivity index (χ1) is 29.3. The highest BCUT2D eigenvalue weighted by atomic mass is 16.6. The molecule has 0 fully saturated rings. The number of ether oxygens (including phenoxy) is 4. The van der Waals surface area contributed by atoms with E-state index in [1.807, 2.05) is 140 Å². The van der Waals surface area contributed by atoms with Crippen molar-refractivity contribution in [2.24, 2.45) is 0 Å². The molecule has 304 valence electrons. The molecule has 6 aromatic rings. The van der Waals surface area contributed by atoms with Crippen LogP contribution in [0, 0.1) is 0 Å². The van der Waals surface area contributed by atoms with Gasteiger partial charge in [0.25, 0.3) is 5.91 Å². The first-order valence-electron chi connectivity index (χ1n) is 19.6. The summed E-state index contributed by atoms with van der Waals surface area (Å²) in [5, 5.41) is 8.40. The molecule has 0 bridgehead atoms. The Bertz CT molecular complexity index is 2300. The summed E-state index contributed by atoms with van der Waals surface area (Å²) in [5.74, 6) is -1.23. The first kappa shape index (κ1) is 40.8. The van der Waals surface area contributed by atoms with Crippen molar-refractivity contribution in [3.8, 4) is 22.6 Å². The minimum absolute atomic E-state index is 0.00150. The van der Waals surface area contributed by atoms with E-state index < -0.39 is 36.0 Å². The number of methoxy groups -OCH3 is 1. The molecule has 1 aliphatic carbocycles. The van der Waals surface area contributed by atoms with Crippen molar-refractivity contribution in [3.05, 3.63) is 191 Å². The lowest BCUT2D eigenvalue weighted by atomic mass is 9.77. The second-order valence-corrected chi connectivity index (χ2v) is 14.2. The van der Waals surface area contributed by atoms with Gasteiger partial charge in [-0.1, -0.05) is 140 Å². The van der Waals surface area contributed by atoms with E-state index in [1.54, 1.807) is 18.2 Å². The van der Waals surface area contributed by atoms with Gasteiger partial charge in [-0.15, -0.1) is 0 Å². The highest BCUT2D eigenvalue weighted by molar-refractivity contribution is 5.89. The zero-order valence-electron chi connectivity index (χ0n) is 33.3. The van der Waals surface area contributed by atoms with Crippen LogP contribution in [0.4, 0.5) is 4.79 Å². The van der Waals surface area contributed by atoms with Crippen molar-refractivity contribution in [3.63, 3.8) is 0 Å². The number of hydrogen-bond acceptors (Lipinski definition) is 8. The summed E-state index contributed by atoms with van der Waals surface area (Å²) >= 11 is 0. The molecule has 3 N–H and O–H groups in total. The predicted octanol–water partition coefficient (Wildman–Crippen LogP) is 7.27. The molecule has 0 unspecified atom stereocenters. The van der Waals surface area contributed by atoms with Crippen LogP contribution in [0.1, 0.15) is 45.7 Å². The maximum absolute atomic E-state index is 14.5. The molecule has 0 heterocycles. The maximum atomic E-state index is 14.5. The quantitative estimate of drug-likeness (QED) is 0.0686. The molecular formula is C49H45N3O8. The van der Waals surface area contributed by atoms with Gasteiger partial charge in [0.05, 0.1) is 13.5 Å². The summed E-state index contributed by atoms with van der Waals surface area (Å²) in [4.78, 5) is 53.9. The van der Waals surface area contributed by atoms with Crippen LogP contribution < -0.4 is 25.4 Å². The molecule has 11 nitrogen and oxygen atoms in total. The third kappa shape index (κ3) is 9.00. The van der Waals surface area contributed by atoms with Crippen LogP contribution >= 0.6 is 0 Å². The van der Waals surface area contributed by atoms with E-state index in [1.165, 1.54) is 14.2 Å². The highest BCUT2D eigenvalue weighted by Gasteiger charge is 2.39. The average molecular weight is 804 g/mol. The Hall–Kier alpha value is -7.40. The van der Waals surface area contributed by atoms with Crippen molar-refractivity contribution in [1.29, 1.82) is 0 Å². The van der Waals surface area contributed by atoms with E-state index in [0.29, 0.717) is 17.1 Å². The molecule has 0 spiro atoms. The monoisotopic (exact) mass is 803 g/mol. The number of alkyl carbamates (subject to hydrolysis) is 1. The van der Waals surface area contributed by atoms with E-state index in [2.05, 4.69) is 16.0 Å². The van der Waals surface area contributed by atoms with Gasteiger partial charge >= 0.3 is 12.1 Å². The van der Waals surface area contributed by atoms with E-state index in [0.717, 1.165) is 38.9 Å². The topological polar surface area (TPSA) is 141 Å². The van der Waals surface area contributed by atoms with Gasteiger partial charge in [0, 0.05) is 24.6 Å². The van der Waals surface area contributed by atoms with E-state index >= 15 is 0 Å². The Balaban J connectivity index is 1.14. The maximum Gasteiger partial charge on any atom is 0.407 e. The molecule has 6 aromatic carbocycles. The van der Waals surface area contributed by atoms with Crippen molar-refractivity contribution < 1.29 is 38.1 Å². The SMILES string of the molecule is CNC(=O)COc1ccc(COC(=O)[C@@H](CC(=O)NC(c2ccccc2)(c2ccccc2)c2ccccc2)NC(=O)OCC2c3ccccc3-c3ccccc32)c(OC)c1. The summed E-state index contributed by atoms with van der Waals surface area (Å²) in [6, 6.07) is 48.0. The summed E-state index contributed by atoms with van der Waals surface area (Å²) in [6.45, 7) is -0.456. The van der Waals surface area contributed by atoms with Gasteiger partial charge in [-0.3, -0.25) is 9.59 Å². The molecule has 1 aliphatic rings. The predicted molar refractivity (Wildman–Crippen MR) is 226 cm³/mol. The van der Waals surface area contributed by atoms with Gasteiger partial charge in [0.1, 0.15) is 36.3 Å². The minimum Gasteiger partial charge on any atom is -0.496 e. The van der Waals surface area contributed by atoms with Crippen LogP contribution in [0.25, 0.3) is 11.1 Å². The molecule has 60 heavy (non-hydrogen) atoms. The van der Waals surface area contributed by atoms with Gasteiger partial charge < -0.3 is 34.9 Å². The molecule has 11 heteroatoms. The molecule has 0 aliphatic heterocycles. The van der Waals surface area contributed by atoms with Crippen LogP contribution in [0.2, 0.25) is 0 Å². The zero-order chi connectivity index (χ0) is 41.9. The second-order valence-electron chi connectivity index (χ2n) is 14.2. The average Bonchev–Trinajstić information content (AvgIpc) is 3.62. The van der Waals surface area contributed by atoms with E-state index in [4.69, 9.17) is 18.9 Å². The van der Waals surface area contributed by atoms with Crippen molar-refractivity contribution in [1.82, 2.24) is 16.0 Å². The fourth-order valence-electron chi connectivity index (χ4n) is 7.61. The number of rotatable bonds is 16. The second kappa shape index (κ2) is 18.9. The van der Waals surface area contributed by atoms with Crippen LogP contribution in [-0.4, -0.2) is 57.3 Å². The third-order valence-corrected chi connectivity index (χ3v) is 10.5. The molecule has 0 radical (unpaired) electrons. The lowest BCUT2D eigenvalue weighted by Gasteiger charge is -2.37. The van der Waals surface area contributed by atoms with Crippen molar-refractivity contribution >= 4 is 23.9 Å². The number of benzene rings is 6. The number of hydrogen-bond donors (Lipinski definition) is 3. The fourth-order valence-corrected chi connectivity index (χ4v) is 7.61. The molecule has 7 rings (SSSR count). The van der Waals surface area contributed by atoms with Gasteiger partial charge in [0.15, 0.2) is 6.61 Å². The molecule has 1 atom stereocenters. The van der Waals surface area contributed by atoms with E-state index in [-0.39, 0.29) is 31.6 Å². The first-order valence-corrected chi connectivity index (χ1v) is 19.6. The zero-order valence-corrected chi connectivity index (χ0v) is 33.3. The van der Waals surface area contributed by atoms with Gasteiger partial charge in [0.2, 0.25) is 5.91 Å². The van der Waals surface area contributed by atoms with Crippen molar-refractivity contribution in [2.75, 3.05) is 27.4 Å². The normalized spacial score (nSPS) is 12.2. The number of fused-ring (bicyclic) bond motifs is 3. The number of amides is 3. The highest BCUT2D eigenvalue weighted by Crippen LogP contribution is 2.44. The van der Waals surface area contributed by atoms with Gasteiger partial charge in [-0.2, -0.15) is 0 Å². The Morgan fingerprint density at radius 3 is 1.72 bits per heavy atom. The number of likely N-dealkylation sites (N-methyl/N-ethyl adjacent to an activating group) is 1. The summed E-state index contributed by atoms with van der Waals surface area (Å²) in [5.41, 5.74) is 5.87. The third-order valence-electron chi connectivity index (χ3n) is 10.5. The molecule has 0 saturated carbocycles. The summed E-state index contributed by atoms with van der Waals surface area (Å²) in [7, 11) is 2.96. The van der Waals surface area contributed by atoms with Gasteiger partial charge in [-0.05, 0) is 51.1 Å². The largest absolute Gasteiger partial charge is 0.496 e. The minimum atomic E-state index is -1.46. The lowest BCUT2D eigenvalue weighted by molar-refractivity contribution is -0.149. The number of esters is 1. The number of carbonyl (C=O) groups is 4. The smallest absolute Gasteiger partial charge is 0.407 e. The Labute approximate surface area is 348 Å². The van der Waals surface area contributed by atoms with Crippen LogP contribution in [0.3, 0.4) is 0 Å². The van der Waals surface area contributed by atoms with Crippen LogP contribution in [-0.2, 0) is 36.0 Å². The Kier molecular flexibility index (Phi) is 12.8. The molecule has 3 amide bonds. The standard InChI is InChI=1S/C49H45N3O8/c1-50-46(54)32-58-37-27-26-33(44(28-37)57-2)30-59-47(55)43(51-48(56)60-31-42-40-24-14-12-22-38(40)39-23-13-15-25-41(39)42)29-45(53)52-49(34-16-6-3-7-17-34,35-18-8-4-9-19-35)36-20-10-5-11-21-36/h3-28,42-43H,29-32H2,1-2H3,(H,50,54)(H,51,56)(H,52,53)/t43-/m1/s1. The molecule has 0 saturated heterocycles. The molecule has 0 aromatic heterocycles. The Morgan fingerprint density at radius 1 is 0.650 bits per heavy atom. The van der Waals surface area contributed by atoms with Crippen molar-refractivity contribution in [2.45, 2.75) is 30.5 Å². The summed E-state index contributed by atoms with van der Waals surface area (Å²) in [6.07, 6.45) is -1.37. The summed E-state index contributed by atoms with van der Waals surface area (Å²) < 4.78 is 22.7. The van der Waals surface area contributed by atoms with Gasteiger partial charge in [-0.25, -0.2) is 9.59 Å². The fraction of sp³-hybridized carbons (Fsp3) is 0.184. The van der Waals surface area contributed by atoms with E-state index in [9.17, 15) is 19.2 Å². The number of nitrogens with one attached hydrogen (secondary N) is 3. The van der Waals surface area contributed by atoms with Crippen LogP contribution in [0.15, 0.2) is 158 Å². The number of carbonyl (C=O) groups excluding carboxylic acids is 4. The molecular weight excluding hydrogens is 759 g/mol. The van der Waals surface area contributed by atoms with Crippen LogP contribution in [0.5, 0.6) is 11.5 Å². The Morgan fingerprint density at radius 2 is 1.18 bits per heavy atom. The lowest BCUT2D eigenvalue weighted by Crippen LogP contribution is -2.51.